The molecule has 0 aliphatic rings. The average molecular weight is 428 g/mol. The number of benzene rings is 2. The van der Waals surface area contributed by atoms with Gasteiger partial charge in [-0.25, -0.2) is 4.98 Å². The van der Waals surface area contributed by atoms with Crippen molar-refractivity contribution in [3.63, 3.8) is 0 Å². The van der Waals surface area contributed by atoms with Gasteiger partial charge < -0.3 is 4.74 Å². The summed E-state index contributed by atoms with van der Waals surface area (Å²) in [5.74, 6) is 0.604. The Kier molecular flexibility index (Phi) is 5.51. The van der Waals surface area contributed by atoms with Crippen molar-refractivity contribution in [3.05, 3.63) is 68.7 Å². The number of esters is 1. The zero-order chi connectivity index (χ0) is 19.6. The molecule has 3 aromatic rings. The largest absolute Gasteiger partial charge is 0.427 e. The highest BCUT2D eigenvalue weighted by atomic mass is 79.9. The minimum atomic E-state index is -0.397. The van der Waals surface area contributed by atoms with E-state index in [0.717, 1.165) is 4.47 Å². The number of rotatable bonds is 4. The van der Waals surface area contributed by atoms with Gasteiger partial charge in [0.15, 0.2) is 0 Å². The fourth-order valence-corrected chi connectivity index (χ4v) is 2.96. The average Bonchev–Trinajstić information content (AvgIpc) is 2.61. The number of fused-ring (bicyclic) bond motifs is 1. The van der Waals surface area contributed by atoms with Crippen molar-refractivity contribution in [2.75, 3.05) is 0 Å². The summed E-state index contributed by atoms with van der Waals surface area (Å²) in [6, 6.07) is 12.3. The third kappa shape index (κ3) is 4.31. The van der Waals surface area contributed by atoms with Crippen molar-refractivity contribution in [2.24, 2.45) is 5.10 Å². The van der Waals surface area contributed by atoms with Gasteiger partial charge in [-0.3, -0.25) is 9.59 Å². The number of nitrogens with zero attached hydrogens (tertiary/aromatic N) is 3. The Balaban J connectivity index is 2.09. The van der Waals surface area contributed by atoms with E-state index in [-0.39, 0.29) is 11.5 Å². The molecule has 0 amide bonds. The second-order valence-electron chi connectivity index (χ2n) is 6.31. The Morgan fingerprint density at radius 3 is 2.74 bits per heavy atom. The molecule has 0 N–H and O–H groups in total. The maximum absolute atomic E-state index is 13.0. The van der Waals surface area contributed by atoms with Crippen LogP contribution in [0.15, 0.2) is 56.8 Å². The SMILES string of the molecule is CC(=O)Oc1cccc(C=Nn2c(C(C)C)nc3ccc(Br)cc3c2=O)c1. The lowest BCUT2D eigenvalue weighted by Crippen LogP contribution is -2.23. The summed E-state index contributed by atoms with van der Waals surface area (Å²) >= 11 is 3.39. The second kappa shape index (κ2) is 7.84. The minimum absolute atomic E-state index is 0.00952. The lowest BCUT2D eigenvalue weighted by atomic mass is 10.2. The van der Waals surface area contributed by atoms with Crippen molar-refractivity contribution in [2.45, 2.75) is 26.7 Å². The summed E-state index contributed by atoms with van der Waals surface area (Å²) in [6.45, 7) is 5.26. The highest BCUT2D eigenvalue weighted by Gasteiger charge is 2.13. The summed E-state index contributed by atoms with van der Waals surface area (Å²) in [4.78, 5) is 28.7. The van der Waals surface area contributed by atoms with Crippen molar-refractivity contribution >= 4 is 39.0 Å². The zero-order valence-electron chi connectivity index (χ0n) is 15.1. The van der Waals surface area contributed by atoms with Crippen molar-refractivity contribution in [1.29, 1.82) is 0 Å². The maximum atomic E-state index is 13.0. The van der Waals surface area contributed by atoms with Gasteiger partial charge in [-0.05, 0) is 35.9 Å². The topological polar surface area (TPSA) is 73.5 Å². The Bertz CT molecular complexity index is 1100. The Hall–Kier alpha value is -2.80. The first-order valence-corrected chi connectivity index (χ1v) is 9.19. The fourth-order valence-electron chi connectivity index (χ4n) is 2.60. The highest BCUT2D eigenvalue weighted by molar-refractivity contribution is 9.10. The number of ether oxygens (including phenoxy) is 1. The van der Waals surface area contributed by atoms with E-state index in [4.69, 9.17) is 4.74 Å². The van der Waals surface area contributed by atoms with Gasteiger partial charge in [0.1, 0.15) is 11.6 Å². The van der Waals surface area contributed by atoms with Crippen LogP contribution < -0.4 is 10.3 Å². The van der Waals surface area contributed by atoms with Gasteiger partial charge in [0.25, 0.3) is 5.56 Å². The van der Waals surface area contributed by atoms with E-state index in [1.54, 1.807) is 30.5 Å². The smallest absolute Gasteiger partial charge is 0.308 e. The molecule has 6 nitrogen and oxygen atoms in total. The predicted octanol–water partition coefficient (Wildman–Crippen LogP) is 4.09. The molecule has 1 aromatic heterocycles. The third-order valence-electron chi connectivity index (χ3n) is 3.79. The molecule has 0 radical (unpaired) electrons. The van der Waals surface area contributed by atoms with Crippen LogP contribution in [0, 0.1) is 0 Å². The van der Waals surface area contributed by atoms with Crippen LogP contribution >= 0.6 is 15.9 Å². The predicted molar refractivity (Wildman–Crippen MR) is 109 cm³/mol. The van der Waals surface area contributed by atoms with Crippen molar-refractivity contribution < 1.29 is 9.53 Å². The monoisotopic (exact) mass is 427 g/mol. The number of halogens is 1. The van der Waals surface area contributed by atoms with Crippen LogP contribution in [-0.2, 0) is 4.79 Å². The van der Waals surface area contributed by atoms with Crippen LogP contribution in [-0.4, -0.2) is 21.8 Å². The molecule has 7 heteroatoms. The summed E-state index contributed by atoms with van der Waals surface area (Å²) in [5.41, 5.74) is 1.09. The minimum Gasteiger partial charge on any atom is -0.427 e. The summed E-state index contributed by atoms with van der Waals surface area (Å²) in [7, 11) is 0. The van der Waals surface area contributed by atoms with Gasteiger partial charge in [-0.15, -0.1) is 0 Å². The maximum Gasteiger partial charge on any atom is 0.308 e. The number of carbonyl (C=O) groups excluding carboxylic acids is 1. The van der Waals surface area contributed by atoms with E-state index in [1.165, 1.54) is 11.6 Å². The van der Waals surface area contributed by atoms with Crippen molar-refractivity contribution in [1.82, 2.24) is 9.66 Å². The van der Waals surface area contributed by atoms with E-state index >= 15 is 0 Å². The third-order valence-corrected chi connectivity index (χ3v) is 4.28. The first-order chi connectivity index (χ1) is 12.8. The number of hydrogen-bond donors (Lipinski definition) is 0. The quantitative estimate of drug-likeness (QED) is 0.357. The molecule has 0 aliphatic heterocycles. The van der Waals surface area contributed by atoms with Gasteiger partial charge in [0, 0.05) is 17.3 Å². The van der Waals surface area contributed by atoms with Crippen LogP contribution in [0.5, 0.6) is 5.75 Å². The number of carbonyl (C=O) groups is 1. The zero-order valence-corrected chi connectivity index (χ0v) is 16.7. The normalized spacial score (nSPS) is 11.4. The number of aromatic nitrogens is 2. The Morgan fingerprint density at radius 2 is 2.04 bits per heavy atom. The Morgan fingerprint density at radius 1 is 1.26 bits per heavy atom. The fraction of sp³-hybridized carbons (Fsp3) is 0.200. The van der Waals surface area contributed by atoms with Gasteiger partial charge >= 0.3 is 5.97 Å². The van der Waals surface area contributed by atoms with E-state index in [9.17, 15) is 9.59 Å². The second-order valence-corrected chi connectivity index (χ2v) is 7.23. The molecule has 0 aliphatic carbocycles. The molecular formula is C20H18BrN3O3. The molecule has 138 valence electrons. The summed E-state index contributed by atoms with van der Waals surface area (Å²) < 4.78 is 7.20. The van der Waals surface area contributed by atoms with Gasteiger partial charge in [-0.2, -0.15) is 9.78 Å². The number of hydrogen-bond acceptors (Lipinski definition) is 5. The molecule has 0 atom stereocenters. The Labute approximate surface area is 164 Å². The lowest BCUT2D eigenvalue weighted by Gasteiger charge is -2.12. The molecule has 27 heavy (non-hydrogen) atoms. The van der Waals surface area contributed by atoms with Crippen LogP contribution in [0.1, 0.15) is 38.1 Å². The van der Waals surface area contributed by atoms with Crippen LogP contribution in [0.3, 0.4) is 0 Å². The molecule has 0 unspecified atom stereocenters. The standard InChI is InChI=1S/C20H18BrN3O3/c1-12(2)19-23-18-8-7-15(21)10-17(18)20(26)24(19)22-11-14-5-4-6-16(9-14)27-13(3)25/h4-12H,1-3H3. The molecular weight excluding hydrogens is 410 g/mol. The summed E-state index contributed by atoms with van der Waals surface area (Å²) in [5, 5.41) is 4.84. The van der Waals surface area contributed by atoms with Crippen LogP contribution in [0.2, 0.25) is 0 Å². The van der Waals surface area contributed by atoms with Crippen molar-refractivity contribution in [3.8, 4) is 5.75 Å². The molecule has 1 heterocycles. The highest BCUT2D eigenvalue weighted by Crippen LogP contribution is 2.19. The van der Waals surface area contributed by atoms with E-state index in [2.05, 4.69) is 26.0 Å². The van der Waals surface area contributed by atoms with E-state index < -0.39 is 5.97 Å². The van der Waals surface area contributed by atoms with Gasteiger partial charge in [-0.1, -0.05) is 41.9 Å². The molecule has 0 saturated carbocycles. The van der Waals surface area contributed by atoms with E-state index in [1.807, 2.05) is 32.0 Å². The first-order valence-electron chi connectivity index (χ1n) is 8.40. The molecule has 0 saturated heterocycles. The molecule has 2 aromatic carbocycles. The molecule has 0 bridgehead atoms. The van der Waals surface area contributed by atoms with Gasteiger partial charge in [0.05, 0.1) is 17.1 Å². The first kappa shape index (κ1) is 19.0. The lowest BCUT2D eigenvalue weighted by molar-refractivity contribution is -0.131. The summed E-state index contributed by atoms with van der Waals surface area (Å²) in [6.07, 6.45) is 1.55. The molecule has 0 spiro atoms. The molecule has 0 fully saturated rings. The van der Waals surface area contributed by atoms with Crippen LogP contribution in [0.4, 0.5) is 0 Å². The molecule has 3 rings (SSSR count). The van der Waals surface area contributed by atoms with Gasteiger partial charge in [0.2, 0.25) is 0 Å². The van der Waals surface area contributed by atoms with Crippen LogP contribution in [0.25, 0.3) is 10.9 Å². The van der Waals surface area contributed by atoms with E-state index in [0.29, 0.717) is 28.0 Å².